The zero-order chi connectivity index (χ0) is 46.3. The summed E-state index contributed by atoms with van der Waals surface area (Å²) in [6.07, 6.45) is 0. The van der Waals surface area contributed by atoms with E-state index in [2.05, 4.69) is 194 Å². The molecule has 10 aromatic carbocycles. The molecular formula is C63H33N3OS4. The number of fused-ring (bicyclic) bond motifs is 15. The maximum atomic E-state index is 6.68. The molecule has 6 heterocycles. The van der Waals surface area contributed by atoms with Crippen molar-refractivity contribution in [3.63, 3.8) is 0 Å². The van der Waals surface area contributed by atoms with Crippen LogP contribution in [0.5, 0.6) is 0 Å². The molecule has 0 saturated carbocycles. The van der Waals surface area contributed by atoms with Crippen molar-refractivity contribution >= 4 is 148 Å². The van der Waals surface area contributed by atoms with Gasteiger partial charge in [-0.1, -0.05) is 140 Å². The fourth-order valence-electron chi connectivity index (χ4n) is 10.9. The Morgan fingerprint density at radius 2 is 0.732 bits per heavy atom. The first-order chi connectivity index (χ1) is 35.1. The molecule has 0 atom stereocenters. The number of hydrogen-bond donors (Lipinski definition) is 0. The molecule has 0 amide bonds. The highest BCUT2D eigenvalue weighted by Crippen LogP contribution is 2.47. The van der Waals surface area contributed by atoms with Crippen LogP contribution in [0.25, 0.3) is 159 Å². The third kappa shape index (κ3) is 6.09. The molecule has 0 fully saturated rings. The van der Waals surface area contributed by atoms with Crippen molar-refractivity contribution in [2.75, 3.05) is 0 Å². The number of thiophene rings is 4. The molecule has 0 aliphatic rings. The summed E-state index contributed by atoms with van der Waals surface area (Å²) in [5, 5.41) is 12.2. The molecule has 16 rings (SSSR count). The van der Waals surface area contributed by atoms with Crippen LogP contribution in [0.4, 0.5) is 0 Å². The van der Waals surface area contributed by atoms with E-state index in [4.69, 9.17) is 19.4 Å². The zero-order valence-corrected chi connectivity index (χ0v) is 40.7. The lowest BCUT2D eigenvalue weighted by Crippen LogP contribution is -2.00. The summed E-state index contributed by atoms with van der Waals surface area (Å²) in [4.78, 5) is 16.0. The maximum absolute atomic E-state index is 6.68. The molecule has 71 heavy (non-hydrogen) atoms. The Hall–Kier alpha value is -8.11. The Bertz CT molecular complexity index is 4780. The van der Waals surface area contributed by atoms with Crippen LogP contribution in [-0.2, 0) is 0 Å². The topological polar surface area (TPSA) is 51.8 Å². The normalized spacial score (nSPS) is 12.2. The minimum absolute atomic E-state index is 0.601. The van der Waals surface area contributed by atoms with E-state index >= 15 is 0 Å². The second kappa shape index (κ2) is 15.2. The van der Waals surface area contributed by atoms with E-state index in [-0.39, 0.29) is 0 Å². The second-order valence-electron chi connectivity index (χ2n) is 18.2. The van der Waals surface area contributed by atoms with Gasteiger partial charge in [-0.25, -0.2) is 15.0 Å². The minimum Gasteiger partial charge on any atom is -0.456 e. The molecule has 0 saturated heterocycles. The molecule has 0 spiro atoms. The van der Waals surface area contributed by atoms with Crippen molar-refractivity contribution in [3.05, 3.63) is 200 Å². The highest BCUT2D eigenvalue weighted by Gasteiger charge is 2.21. The molecule has 330 valence electrons. The number of hydrogen-bond acceptors (Lipinski definition) is 8. The molecule has 0 aliphatic carbocycles. The van der Waals surface area contributed by atoms with Gasteiger partial charge in [0, 0.05) is 108 Å². The lowest BCUT2D eigenvalue weighted by Gasteiger charge is -2.10. The lowest BCUT2D eigenvalue weighted by atomic mass is 9.95. The van der Waals surface area contributed by atoms with Gasteiger partial charge < -0.3 is 4.42 Å². The number of furan rings is 1. The summed E-state index contributed by atoms with van der Waals surface area (Å²) in [5.41, 5.74) is 9.22. The lowest BCUT2D eigenvalue weighted by molar-refractivity contribution is 0.669. The Labute approximate surface area is 421 Å². The zero-order valence-electron chi connectivity index (χ0n) is 37.4. The minimum atomic E-state index is 0.601. The molecule has 0 aliphatic heterocycles. The van der Waals surface area contributed by atoms with Crippen LogP contribution in [0.2, 0.25) is 0 Å². The van der Waals surface area contributed by atoms with E-state index in [0.29, 0.717) is 17.5 Å². The van der Waals surface area contributed by atoms with E-state index < -0.39 is 0 Å². The first kappa shape index (κ1) is 39.7. The third-order valence-corrected chi connectivity index (χ3v) is 18.8. The van der Waals surface area contributed by atoms with Crippen molar-refractivity contribution < 1.29 is 4.42 Å². The molecule has 4 nitrogen and oxygen atoms in total. The van der Waals surface area contributed by atoms with Crippen LogP contribution in [0, 0.1) is 0 Å². The molecule has 8 heteroatoms. The van der Waals surface area contributed by atoms with Gasteiger partial charge in [0.15, 0.2) is 17.5 Å². The number of benzene rings is 10. The first-order valence-electron chi connectivity index (χ1n) is 23.5. The van der Waals surface area contributed by atoms with Gasteiger partial charge in [-0.05, 0) is 82.9 Å². The van der Waals surface area contributed by atoms with Crippen LogP contribution < -0.4 is 0 Å². The predicted octanol–water partition coefficient (Wildman–Crippen LogP) is 19.6. The second-order valence-corrected chi connectivity index (χ2v) is 22.5. The summed E-state index contributed by atoms with van der Waals surface area (Å²) in [6, 6.07) is 72.5. The van der Waals surface area contributed by atoms with Gasteiger partial charge in [0.05, 0.1) is 0 Å². The highest BCUT2D eigenvalue weighted by atomic mass is 32.1. The van der Waals surface area contributed by atoms with Crippen LogP contribution in [0.15, 0.2) is 205 Å². The van der Waals surface area contributed by atoms with Crippen LogP contribution in [-0.4, -0.2) is 15.0 Å². The van der Waals surface area contributed by atoms with E-state index in [0.717, 1.165) is 44.2 Å². The average molecular weight is 976 g/mol. The Morgan fingerprint density at radius 1 is 0.268 bits per heavy atom. The summed E-state index contributed by atoms with van der Waals surface area (Å²) >= 11 is 7.34. The van der Waals surface area contributed by atoms with Gasteiger partial charge in [0.25, 0.3) is 0 Å². The van der Waals surface area contributed by atoms with E-state index in [1.54, 1.807) is 22.7 Å². The third-order valence-electron chi connectivity index (χ3n) is 14.2. The van der Waals surface area contributed by atoms with Crippen molar-refractivity contribution in [2.24, 2.45) is 0 Å². The summed E-state index contributed by atoms with van der Waals surface area (Å²) in [6.45, 7) is 0. The van der Waals surface area contributed by atoms with Crippen LogP contribution in [0.3, 0.4) is 0 Å². The average Bonchev–Trinajstić information content (AvgIpc) is 4.25. The fourth-order valence-corrected chi connectivity index (χ4v) is 15.6. The summed E-state index contributed by atoms with van der Waals surface area (Å²) in [5.74, 6) is 1.86. The van der Waals surface area contributed by atoms with Crippen molar-refractivity contribution in [3.8, 4) is 56.4 Å². The van der Waals surface area contributed by atoms with Crippen molar-refractivity contribution in [1.82, 2.24) is 15.0 Å². The van der Waals surface area contributed by atoms with Crippen LogP contribution in [0.1, 0.15) is 0 Å². The van der Waals surface area contributed by atoms with Gasteiger partial charge >= 0.3 is 0 Å². The highest BCUT2D eigenvalue weighted by molar-refractivity contribution is 7.27. The van der Waals surface area contributed by atoms with Crippen molar-refractivity contribution in [1.29, 1.82) is 0 Å². The van der Waals surface area contributed by atoms with Gasteiger partial charge in [-0.2, -0.15) is 0 Å². The van der Waals surface area contributed by atoms with E-state index in [9.17, 15) is 0 Å². The largest absolute Gasteiger partial charge is 0.456 e. The number of rotatable bonds is 5. The molecule has 0 radical (unpaired) electrons. The summed E-state index contributed by atoms with van der Waals surface area (Å²) < 4.78 is 16.8. The first-order valence-corrected chi connectivity index (χ1v) is 26.8. The monoisotopic (exact) mass is 975 g/mol. The fraction of sp³-hybridized carbons (Fsp3) is 0. The molecule has 0 bridgehead atoms. The molecular weight excluding hydrogens is 943 g/mol. The predicted molar refractivity (Wildman–Crippen MR) is 306 cm³/mol. The summed E-state index contributed by atoms with van der Waals surface area (Å²) in [7, 11) is 0. The smallest absolute Gasteiger partial charge is 0.164 e. The van der Waals surface area contributed by atoms with Gasteiger partial charge in [-0.3, -0.25) is 0 Å². The van der Waals surface area contributed by atoms with Gasteiger partial charge in [0.1, 0.15) is 11.2 Å². The number of nitrogens with zero attached hydrogens (tertiary/aromatic N) is 3. The van der Waals surface area contributed by atoms with Gasteiger partial charge in [-0.15, -0.1) is 45.3 Å². The van der Waals surface area contributed by atoms with Gasteiger partial charge in [0.2, 0.25) is 0 Å². The molecule has 16 aromatic rings. The molecule has 0 unspecified atom stereocenters. The standard InChI is InChI=1S/C63H33N3OS4/c1-4-18-51-40(10-1)43-26-22-35(31-55(43)68-51)39-14-7-15-46-59-38(13-9-21-54(59)71-60(39)46)34-25-29-49-48(30-34)58-47(16-8-17-50(58)67-49)63-65-61(36-23-27-44-41-11-2-5-19-52(41)69-56(44)32-36)64-62(66-63)37-24-28-45-42-12-3-6-20-53(42)70-57(45)33-37/h1-33H. The molecule has 0 N–H and O–H groups in total. The molecule has 6 aromatic heterocycles. The van der Waals surface area contributed by atoms with Crippen molar-refractivity contribution in [2.45, 2.75) is 0 Å². The Morgan fingerprint density at radius 3 is 1.38 bits per heavy atom. The quantitative estimate of drug-likeness (QED) is 0.172. The van der Waals surface area contributed by atoms with E-state index in [1.807, 2.05) is 28.7 Å². The Kier molecular flexibility index (Phi) is 8.50. The SMILES string of the molecule is c1cc(-c2nc(-c3ccc4c(c3)sc3ccccc34)nc(-c3ccc4c(c3)sc3ccccc34)n2)c2c(c1)oc1ccc(-c3cccc4sc5c(-c6ccc7c(c6)sc6ccccc67)cccc5c34)cc12. The van der Waals surface area contributed by atoms with E-state index in [1.165, 1.54) is 97.4 Å². The number of aromatic nitrogens is 3. The maximum Gasteiger partial charge on any atom is 0.164 e. The Balaban J connectivity index is 0.867. The van der Waals surface area contributed by atoms with Crippen LogP contribution >= 0.6 is 45.3 Å².